The van der Waals surface area contributed by atoms with Crippen molar-refractivity contribution in [2.45, 2.75) is 13.8 Å². The van der Waals surface area contributed by atoms with Crippen LogP contribution >= 0.6 is 23.6 Å². The smallest absolute Gasteiger partial charge is 0.215 e. The van der Waals surface area contributed by atoms with E-state index in [0.717, 1.165) is 28.1 Å². The van der Waals surface area contributed by atoms with Crippen molar-refractivity contribution in [3.63, 3.8) is 0 Å². The normalized spacial score (nSPS) is 14.6. The summed E-state index contributed by atoms with van der Waals surface area (Å²) in [7, 11) is 0. The van der Waals surface area contributed by atoms with Gasteiger partial charge in [-0.2, -0.15) is 0 Å². The Morgan fingerprint density at radius 1 is 1.19 bits per heavy atom. The van der Waals surface area contributed by atoms with Crippen LogP contribution in [0.25, 0.3) is 17.3 Å². The van der Waals surface area contributed by atoms with Crippen LogP contribution in [0.5, 0.6) is 5.88 Å². The van der Waals surface area contributed by atoms with Crippen LogP contribution in [-0.4, -0.2) is 15.4 Å². The number of rotatable bonds is 2. The second kappa shape index (κ2) is 6.30. The first kappa shape index (κ1) is 16.9. The molecule has 1 N–H and O–H groups in total. The standard InChI is InChI=1S/C20H15FN2OS2/c1-11-7-8-16-14(9-11)13(12(2)22-16)10-18-19(24)23(20(25)26-18)17-6-4-3-5-15(17)21/h3-10,24H,1-2H3. The van der Waals surface area contributed by atoms with Crippen LogP contribution in [-0.2, 0) is 0 Å². The Hall–Kier alpha value is -2.57. The van der Waals surface area contributed by atoms with Crippen molar-refractivity contribution in [2.24, 2.45) is 4.99 Å². The molecule has 0 spiro atoms. The molecule has 4 rings (SSSR count). The van der Waals surface area contributed by atoms with Crippen molar-refractivity contribution < 1.29 is 9.50 Å². The highest BCUT2D eigenvalue weighted by Gasteiger charge is 2.20. The third kappa shape index (κ3) is 2.71. The number of nitrogens with zero attached hydrogens (tertiary/aromatic N) is 2. The number of halogens is 1. The van der Waals surface area contributed by atoms with Gasteiger partial charge in [-0.05, 0) is 56.4 Å². The summed E-state index contributed by atoms with van der Waals surface area (Å²) < 4.78 is 15.9. The van der Waals surface area contributed by atoms with Crippen molar-refractivity contribution in [2.75, 3.05) is 0 Å². The molecule has 3 aromatic rings. The third-order valence-corrected chi connectivity index (χ3v) is 5.61. The lowest BCUT2D eigenvalue weighted by atomic mass is 10.0. The number of para-hydroxylation sites is 1. The molecule has 0 aliphatic carbocycles. The van der Waals surface area contributed by atoms with Crippen molar-refractivity contribution >= 4 is 46.6 Å². The van der Waals surface area contributed by atoms with Crippen molar-refractivity contribution in [3.8, 4) is 11.6 Å². The minimum Gasteiger partial charge on any atom is -0.493 e. The monoisotopic (exact) mass is 382 g/mol. The Labute approximate surface area is 159 Å². The van der Waals surface area contributed by atoms with Crippen molar-refractivity contribution in [3.05, 3.63) is 68.2 Å². The number of benzene rings is 2. The van der Waals surface area contributed by atoms with Gasteiger partial charge < -0.3 is 5.11 Å². The summed E-state index contributed by atoms with van der Waals surface area (Å²) in [6.07, 6.45) is 1.87. The lowest BCUT2D eigenvalue weighted by molar-refractivity contribution is 0.438. The Kier molecular flexibility index (Phi) is 4.09. The van der Waals surface area contributed by atoms with E-state index in [-0.39, 0.29) is 11.6 Å². The van der Waals surface area contributed by atoms with Gasteiger partial charge in [0, 0.05) is 16.8 Å². The minimum absolute atomic E-state index is 0.0634. The summed E-state index contributed by atoms with van der Waals surface area (Å²) in [5, 5.41) is 10.7. The lowest BCUT2D eigenvalue weighted by Gasteiger charge is -2.06. The molecule has 2 aromatic carbocycles. The van der Waals surface area contributed by atoms with Gasteiger partial charge in [0.25, 0.3) is 0 Å². The maximum atomic E-state index is 14.1. The number of thiazole rings is 1. The molecule has 1 aliphatic rings. The molecular formula is C20H15FN2OS2. The molecule has 0 saturated heterocycles. The fourth-order valence-electron chi connectivity index (χ4n) is 3.03. The molecule has 0 bridgehead atoms. The van der Waals surface area contributed by atoms with E-state index in [1.807, 2.05) is 32.1 Å². The molecule has 2 heterocycles. The average molecular weight is 382 g/mol. The van der Waals surface area contributed by atoms with E-state index >= 15 is 0 Å². The average Bonchev–Trinajstić information content (AvgIpc) is 3.05. The molecule has 0 radical (unpaired) electrons. The Balaban J connectivity index is 1.87. The molecule has 3 nitrogen and oxygen atoms in total. The summed E-state index contributed by atoms with van der Waals surface area (Å²) >= 11 is 6.61. The molecule has 1 aliphatic heterocycles. The summed E-state index contributed by atoms with van der Waals surface area (Å²) in [6, 6.07) is 12.3. The highest BCUT2D eigenvalue weighted by molar-refractivity contribution is 7.73. The van der Waals surface area contributed by atoms with Crippen LogP contribution in [0.2, 0.25) is 0 Å². The van der Waals surface area contributed by atoms with Crippen LogP contribution in [0.1, 0.15) is 22.9 Å². The Morgan fingerprint density at radius 3 is 2.73 bits per heavy atom. The van der Waals surface area contributed by atoms with E-state index in [9.17, 15) is 9.50 Å². The van der Waals surface area contributed by atoms with Gasteiger partial charge in [0.2, 0.25) is 5.88 Å². The highest BCUT2D eigenvalue weighted by Crippen LogP contribution is 2.39. The zero-order chi connectivity index (χ0) is 18.4. The first-order valence-electron chi connectivity index (χ1n) is 8.04. The SMILES string of the molecule is CC1=Nc2ccc(C)cc2C1=Cc1sc(=S)n(-c2ccccc2F)c1O. The third-order valence-electron chi connectivity index (χ3n) is 4.30. The van der Waals surface area contributed by atoms with E-state index in [1.54, 1.807) is 18.2 Å². The van der Waals surface area contributed by atoms with E-state index < -0.39 is 5.82 Å². The van der Waals surface area contributed by atoms with Crippen molar-refractivity contribution in [1.29, 1.82) is 0 Å². The maximum absolute atomic E-state index is 14.1. The molecule has 26 heavy (non-hydrogen) atoms. The van der Waals surface area contributed by atoms with E-state index in [0.29, 0.717) is 8.83 Å². The van der Waals surface area contributed by atoms with E-state index in [1.165, 1.54) is 22.0 Å². The van der Waals surface area contributed by atoms with Gasteiger partial charge in [-0.1, -0.05) is 23.8 Å². The number of aliphatic imine (C=N–C) groups is 1. The second-order valence-electron chi connectivity index (χ2n) is 6.12. The van der Waals surface area contributed by atoms with Crippen LogP contribution in [0.3, 0.4) is 0 Å². The topological polar surface area (TPSA) is 37.5 Å². The van der Waals surface area contributed by atoms with Gasteiger partial charge in [-0.3, -0.25) is 9.56 Å². The maximum Gasteiger partial charge on any atom is 0.215 e. The fourth-order valence-corrected chi connectivity index (χ4v) is 4.31. The first-order valence-corrected chi connectivity index (χ1v) is 9.26. The largest absolute Gasteiger partial charge is 0.493 e. The summed E-state index contributed by atoms with van der Waals surface area (Å²) in [6.45, 7) is 3.97. The summed E-state index contributed by atoms with van der Waals surface area (Å²) in [5.74, 6) is -0.498. The second-order valence-corrected chi connectivity index (χ2v) is 7.79. The van der Waals surface area contributed by atoms with Gasteiger partial charge in [-0.15, -0.1) is 11.3 Å². The fraction of sp³-hybridized carbons (Fsp3) is 0.100. The molecule has 6 heteroatoms. The van der Waals surface area contributed by atoms with Crippen LogP contribution in [0.4, 0.5) is 10.1 Å². The minimum atomic E-state index is -0.435. The molecule has 130 valence electrons. The molecular weight excluding hydrogens is 367 g/mol. The van der Waals surface area contributed by atoms with E-state index in [4.69, 9.17) is 12.2 Å². The van der Waals surface area contributed by atoms with E-state index in [2.05, 4.69) is 11.1 Å². The molecule has 0 atom stereocenters. The zero-order valence-electron chi connectivity index (χ0n) is 14.2. The van der Waals surface area contributed by atoms with Crippen molar-refractivity contribution in [1.82, 2.24) is 4.57 Å². The molecule has 0 amide bonds. The summed E-state index contributed by atoms with van der Waals surface area (Å²) in [4.78, 5) is 5.16. The van der Waals surface area contributed by atoms with Crippen LogP contribution in [0, 0.1) is 16.7 Å². The van der Waals surface area contributed by atoms with Gasteiger partial charge >= 0.3 is 0 Å². The number of hydrogen-bond donors (Lipinski definition) is 1. The number of allylic oxidation sites excluding steroid dienone is 1. The first-order chi connectivity index (χ1) is 12.5. The van der Waals surface area contributed by atoms with Gasteiger partial charge in [0.05, 0.1) is 16.3 Å². The van der Waals surface area contributed by atoms with Crippen LogP contribution < -0.4 is 0 Å². The Bertz CT molecular complexity index is 1150. The molecule has 0 fully saturated rings. The lowest BCUT2D eigenvalue weighted by Crippen LogP contribution is -1.96. The number of aromatic hydroxyl groups is 1. The predicted molar refractivity (Wildman–Crippen MR) is 108 cm³/mol. The van der Waals surface area contributed by atoms with Gasteiger partial charge in [-0.25, -0.2) is 4.39 Å². The zero-order valence-corrected chi connectivity index (χ0v) is 15.8. The van der Waals surface area contributed by atoms with Gasteiger partial charge in [0.1, 0.15) is 5.82 Å². The molecule has 0 saturated carbocycles. The quantitative estimate of drug-likeness (QED) is 0.546. The Morgan fingerprint density at radius 2 is 1.96 bits per heavy atom. The molecule has 0 unspecified atom stereocenters. The number of fused-ring (bicyclic) bond motifs is 1. The van der Waals surface area contributed by atoms with Gasteiger partial charge in [0.15, 0.2) is 3.95 Å². The number of aromatic nitrogens is 1. The number of aryl methyl sites for hydroxylation is 1. The van der Waals surface area contributed by atoms with Crippen LogP contribution in [0.15, 0.2) is 47.5 Å². The predicted octanol–water partition coefficient (Wildman–Crippen LogP) is 6.07. The molecule has 1 aromatic heterocycles. The highest BCUT2D eigenvalue weighted by atomic mass is 32.1. The number of hydrogen-bond acceptors (Lipinski definition) is 4. The summed E-state index contributed by atoms with van der Waals surface area (Å²) in [5.41, 5.74) is 5.14.